The lowest BCUT2D eigenvalue weighted by Gasteiger charge is -2.11. The van der Waals surface area contributed by atoms with Crippen molar-refractivity contribution < 1.29 is 4.74 Å². The van der Waals surface area contributed by atoms with Gasteiger partial charge in [0.15, 0.2) is 0 Å². The van der Waals surface area contributed by atoms with E-state index in [4.69, 9.17) is 4.74 Å². The van der Waals surface area contributed by atoms with Crippen molar-refractivity contribution in [3.05, 3.63) is 18.0 Å². The molecule has 1 atom stereocenters. The second-order valence-corrected chi connectivity index (χ2v) is 4.57. The van der Waals surface area contributed by atoms with Gasteiger partial charge in [-0.15, -0.1) is 0 Å². The predicted octanol–water partition coefficient (Wildman–Crippen LogP) is 1.73. The molecule has 1 aliphatic rings. The Morgan fingerprint density at radius 2 is 2.44 bits per heavy atom. The second kappa shape index (κ2) is 5.46. The molecule has 0 radical (unpaired) electrons. The molecule has 0 aliphatic heterocycles. The smallest absolute Gasteiger partial charge is 0.0762 e. The lowest BCUT2D eigenvalue weighted by Crippen LogP contribution is -2.16. The highest BCUT2D eigenvalue weighted by Crippen LogP contribution is 2.19. The van der Waals surface area contributed by atoms with Crippen molar-refractivity contribution in [3.63, 3.8) is 0 Å². The fourth-order valence-electron chi connectivity index (χ4n) is 1.67. The molecule has 0 amide bonds. The van der Waals surface area contributed by atoms with Crippen LogP contribution in [0.15, 0.2) is 12.3 Å². The van der Waals surface area contributed by atoms with Crippen molar-refractivity contribution in [2.24, 2.45) is 0 Å². The summed E-state index contributed by atoms with van der Waals surface area (Å²) in [4.78, 5) is 0. The van der Waals surface area contributed by atoms with E-state index in [0.29, 0.717) is 6.04 Å². The average molecular weight is 223 g/mol. The minimum absolute atomic E-state index is 0.412. The van der Waals surface area contributed by atoms with E-state index in [-0.39, 0.29) is 0 Å². The maximum absolute atomic E-state index is 5.07. The SMILES string of the molecule is COCCC(C)n1ccc(CNC2CC2)n1. The zero-order chi connectivity index (χ0) is 11.4. The van der Waals surface area contributed by atoms with Crippen LogP contribution in [0.2, 0.25) is 0 Å². The van der Waals surface area contributed by atoms with Crippen LogP contribution in [0.25, 0.3) is 0 Å². The average Bonchev–Trinajstić information content (AvgIpc) is 3.00. The standard InChI is InChI=1S/C12H21N3O/c1-10(6-8-16-2)15-7-5-12(14-15)9-13-11-3-4-11/h5,7,10-11,13H,3-4,6,8-9H2,1-2H3. The van der Waals surface area contributed by atoms with Gasteiger partial charge in [0.05, 0.1) is 11.7 Å². The number of nitrogens with one attached hydrogen (secondary N) is 1. The molecule has 1 N–H and O–H groups in total. The lowest BCUT2D eigenvalue weighted by atomic mass is 10.2. The number of hydrogen-bond acceptors (Lipinski definition) is 3. The van der Waals surface area contributed by atoms with E-state index >= 15 is 0 Å². The van der Waals surface area contributed by atoms with Gasteiger partial charge in [-0.3, -0.25) is 4.68 Å². The van der Waals surface area contributed by atoms with Gasteiger partial charge in [0.2, 0.25) is 0 Å². The first-order chi connectivity index (χ1) is 7.79. The number of nitrogens with zero attached hydrogens (tertiary/aromatic N) is 2. The molecule has 1 aliphatic carbocycles. The molecule has 90 valence electrons. The summed E-state index contributed by atoms with van der Waals surface area (Å²) < 4.78 is 7.11. The van der Waals surface area contributed by atoms with Gasteiger partial charge in [-0.2, -0.15) is 5.10 Å². The molecule has 1 unspecified atom stereocenters. The Kier molecular flexibility index (Phi) is 3.96. The van der Waals surface area contributed by atoms with E-state index in [9.17, 15) is 0 Å². The third kappa shape index (κ3) is 3.32. The number of hydrogen-bond donors (Lipinski definition) is 1. The quantitative estimate of drug-likeness (QED) is 0.765. The van der Waals surface area contributed by atoms with E-state index in [0.717, 1.165) is 31.3 Å². The highest BCUT2D eigenvalue weighted by atomic mass is 16.5. The molecule has 4 heteroatoms. The van der Waals surface area contributed by atoms with Crippen molar-refractivity contribution in [2.45, 2.75) is 44.8 Å². The third-order valence-electron chi connectivity index (χ3n) is 3.00. The fraction of sp³-hybridized carbons (Fsp3) is 0.750. The number of ether oxygens (including phenoxy) is 1. The molecule has 0 bridgehead atoms. The molecule has 2 rings (SSSR count). The zero-order valence-corrected chi connectivity index (χ0v) is 10.1. The van der Waals surface area contributed by atoms with Crippen LogP contribution in [0, 0.1) is 0 Å². The summed E-state index contributed by atoms with van der Waals surface area (Å²) >= 11 is 0. The Bertz CT molecular complexity index is 320. The Morgan fingerprint density at radius 3 is 3.12 bits per heavy atom. The minimum Gasteiger partial charge on any atom is -0.385 e. The summed E-state index contributed by atoms with van der Waals surface area (Å²) in [5.41, 5.74) is 1.14. The van der Waals surface area contributed by atoms with E-state index in [1.54, 1.807) is 7.11 Å². The summed E-state index contributed by atoms with van der Waals surface area (Å²) in [6.45, 7) is 3.86. The number of aromatic nitrogens is 2. The van der Waals surface area contributed by atoms with Crippen LogP contribution in [0.4, 0.5) is 0 Å². The molecule has 4 nitrogen and oxygen atoms in total. The van der Waals surface area contributed by atoms with E-state index < -0.39 is 0 Å². The summed E-state index contributed by atoms with van der Waals surface area (Å²) in [7, 11) is 1.74. The maximum Gasteiger partial charge on any atom is 0.0762 e. The lowest BCUT2D eigenvalue weighted by molar-refractivity contribution is 0.178. The highest BCUT2D eigenvalue weighted by molar-refractivity contribution is 5.00. The molecular weight excluding hydrogens is 202 g/mol. The first kappa shape index (κ1) is 11.6. The van der Waals surface area contributed by atoms with Gasteiger partial charge in [0.1, 0.15) is 0 Å². The van der Waals surface area contributed by atoms with Crippen molar-refractivity contribution in [1.29, 1.82) is 0 Å². The Balaban J connectivity index is 1.80. The van der Waals surface area contributed by atoms with Crippen LogP contribution >= 0.6 is 0 Å². The van der Waals surface area contributed by atoms with Gasteiger partial charge < -0.3 is 10.1 Å². The molecule has 1 aromatic heterocycles. The van der Waals surface area contributed by atoms with Crippen molar-refractivity contribution in [3.8, 4) is 0 Å². The largest absolute Gasteiger partial charge is 0.385 e. The van der Waals surface area contributed by atoms with Gasteiger partial charge in [0.25, 0.3) is 0 Å². The monoisotopic (exact) mass is 223 g/mol. The Labute approximate surface area is 97.0 Å². The van der Waals surface area contributed by atoms with Gasteiger partial charge >= 0.3 is 0 Å². The molecule has 0 aromatic carbocycles. The topological polar surface area (TPSA) is 39.1 Å². The second-order valence-electron chi connectivity index (χ2n) is 4.57. The summed E-state index contributed by atoms with van der Waals surface area (Å²) in [6, 6.07) is 3.25. The number of methoxy groups -OCH3 is 1. The van der Waals surface area contributed by atoms with Crippen molar-refractivity contribution in [1.82, 2.24) is 15.1 Å². The maximum atomic E-state index is 5.07. The first-order valence-electron chi connectivity index (χ1n) is 6.06. The van der Waals surface area contributed by atoms with Gasteiger partial charge in [-0.25, -0.2) is 0 Å². The Morgan fingerprint density at radius 1 is 1.62 bits per heavy atom. The van der Waals surface area contributed by atoms with Crippen LogP contribution in [0.5, 0.6) is 0 Å². The fourth-order valence-corrected chi connectivity index (χ4v) is 1.67. The minimum atomic E-state index is 0.412. The molecule has 0 saturated heterocycles. The molecule has 1 fully saturated rings. The van der Waals surface area contributed by atoms with Gasteiger partial charge in [0, 0.05) is 32.5 Å². The molecule has 0 spiro atoms. The molecule has 1 saturated carbocycles. The predicted molar refractivity (Wildman–Crippen MR) is 63.3 cm³/mol. The Hall–Kier alpha value is -0.870. The summed E-state index contributed by atoms with van der Waals surface area (Å²) in [5.74, 6) is 0. The van der Waals surface area contributed by atoms with Crippen LogP contribution in [0.3, 0.4) is 0 Å². The van der Waals surface area contributed by atoms with Gasteiger partial charge in [-0.1, -0.05) is 0 Å². The molecule has 16 heavy (non-hydrogen) atoms. The zero-order valence-electron chi connectivity index (χ0n) is 10.1. The summed E-state index contributed by atoms with van der Waals surface area (Å²) in [5, 5.41) is 8.03. The van der Waals surface area contributed by atoms with Crippen LogP contribution in [-0.2, 0) is 11.3 Å². The van der Waals surface area contributed by atoms with E-state index in [1.807, 2.05) is 4.68 Å². The normalized spacial score (nSPS) is 17.6. The van der Waals surface area contributed by atoms with E-state index in [1.165, 1.54) is 12.8 Å². The molecular formula is C12H21N3O. The molecule has 1 heterocycles. The number of rotatable bonds is 7. The van der Waals surface area contributed by atoms with Crippen LogP contribution in [-0.4, -0.2) is 29.5 Å². The molecule has 1 aromatic rings. The van der Waals surface area contributed by atoms with Crippen molar-refractivity contribution in [2.75, 3.05) is 13.7 Å². The highest BCUT2D eigenvalue weighted by Gasteiger charge is 2.20. The van der Waals surface area contributed by atoms with Gasteiger partial charge in [-0.05, 0) is 32.3 Å². The third-order valence-corrected chi connectivity index (χ3v) is 3.00. The van der Waals surface area contributed by atoms with Crippen LogP contribution < -0.4 is 5.32 Å². The van der Waals surface area contributed by atoms with E-state index in [2.05, 4.69) is 29.6 Å². The van der Waals surface area contributed by atoms with Crippen molar-refractivity contribution >= 4 is 0 Å². The summed E-state index contributed by atoms with van der Waals surface area (Å²) in [6.07, 6.45) is 5.72. The van der Waals surface area contributed by atoms with Crippen LogP contribution in [0.1, 0.15) is 37.9 Å². The first-order valence-corrected chi connectivity index (χ1v) is 6.06.